The van der Waals surface area contributed by atoms with Gasteiger partial charge in [0, 0.05) is 18.1 Å². The number of methoxy groups -OCH3 is 1. The molecule has 1 aromatic heterocycles. The second-order valence-electron chi connectivity index (χ2n) is 5.44. The van der Waals surface area contributed by atoms with Gasteiger partial charge in [-0.15, -0.1) is 0 Å². The van der Waals surface area contributed by atoms with Crippen molar-refractivity contribution >= 4 is 21.8 Å². The number of hydrogen-bond donors (Lipinski definition) is 1. The Morgan fingerprint density at radius 3 is 2.85 bits per heavy atom. The van der Waals surface area contributed by atoms with Gasteiger partial charge in [0.15, 0.2) is 0 Å². The van der Waals surface area contributed by atoms with Crippen LogP contribution in [0.1, 0.15) is 42.5 Å². The zero-order valence-electron chi connectivity index (χ0n) is 11.8. The molecule has 2 rings (SSSR count). The Hall–Kier alpha value is -1.10. The molecule has 1 aromatic rings. The van der Waals surface area contributed by atoms with E-state index in [1.807, 2.05) is 0 Å². The third kappa shape index (κ3) is 3.51. The predicted octanol–water partition coefficient (Wildman–Crippen LogP) is 3.17. The fraction of sp³-hybridized carbons (Fsp3) is 0.600. The Morgan fingerprint density at radius 2 is 2.20 bits per heavy atom. The Balaban J connectivity index is 2.00. The van der Waals surface area contributed by atoms with Crippen LogP contribution in [0, 0.1) is 5.41 Å². The van der Waals surface area contributed by atoms with Crippen LogP contribution in [0.2, 0.25) is 0 Å². The molecule has 4 nitrogen and oxygen atoms in total. The lowest BCUT2D eigenvalue weighted by Crippen LogP contribution is -2.40. The number of carbonyl (C=O) groups is 1. The van der Waals surface area contributed by atoms with E-state index in [1.165, 1.54) is 39.2 Å². The minimum atomic E-state index is -0.110. The molecule has 1 fully saturated rings. The van der Waals surface area contributed by atoms with Crippen molar-refractivity contribution in [3.8, 4) is 5.88 Å². The molecule has 0 bridgehead atoms. The topological polar surface area (TPSA) is 51.2 Å². The van der Waals surface area contributed by atoms with E-state index in [2.05, 4.69) is 26.2 Å². The van der Waals surface area contributed by atoms with Crippen molar-refractivity contribution in [2.75, 3.05) is 19.0 Å². The molecule has 0 aromatic carbocycles. The van der Waals surface area contributed by atoms with Crippen molar-refractivity contribution in [2.45, 2.75) is 32.1 Å². The maximum Gasteiger partial charge on any atom is 0.256 e. The SMILES string of the molecule is COc1ncccc1C(=O)NCC1(CBr)CCCCC1. The number of aromatic nitrogens is 1. The second-order valence-corrected chi connectivity index (χ2v) is 6.00. The molecule has 0 aliphatic heterocycles. The van der Waals surface area contributed by atoms with E-state index >= 15 is 0 Å². The molecule has 1 aliphatic carbocycles. The van der Waals surface area contributed by atoms with Crippen molar-refractivity contribution in [1.29, 1.82) is 0 Å². The third-order valence-corrected chi connectivity index (χ3v) is 5.22. The van der Waals surface area contributed by atoms with Crippen molar-refractivity contribution in [3.63, 3.8) is 0 Å². The van der Waals surface area contributed by atoms with E-state index in [-0.39, 0.29) is 11.3 Å². The average molecular weight is 341 g/mol. The van der Waals surface area contributed by atoms with E-state index in [9.17, 15) is 4.79 Å². The lowest BCUT2D eigenvalue weighted by Gasteiger charge is -2.35. The molecule has 0 unspecified atom stereocenters. The molecule has 1 N–H and O–H groups in total. The summed E-state index contributed by atoms with van der Waals surface area (Å²) in [4.78, 5) is 16.3. The number of pyridine rings is 1. The van der Waals surface area contributed by atoms with Crippen LogP contribution in [-0.4, -0.2) is 29.9 Å². The molecule has 110 valence electrons. The molecule has 20 heavy (non-hydrogen) atoms. The first kappa shape index (κ1) is 15.3. The molecule has 0 spiro atoms. The van der Waals surface area contributed by atoms with Gasteiger partial charge in [-0.1, -0.05) is 35.2 Å². The van der Waals surface area contributed by atoms with Crippen LogP contribution < -0.4 is 10.1 Å². The van der Waals surface area contributed by atoms with Crippen LogP contribution in [-0.2, 0) is 0 Å². The largest absolute Gasteiger partial charge is 0.480 e. The summed E-state index contributed by atoms with van der Waals surface area (Å²) in [6.45, 7) is 0.704. The van der Waals surface area contributed by atoms with Gasteiger partial charge in [0.1, 0.15) is 5.56 Å². The maximum absolute atomic E-state index is 12.3. The molecule has 1 heterocycles. The third-order valence-electron chi connectivity index (χ3n) is 4.03. The van der Waals surface area contributed by atoms with Gasteiger partial charge in [0.25, 0.3) is 5.91 Å². The highest BCUT2D eigenvalue weighted by molar-refractivity contribution is 9.09. The van der Waals surface area contributed by atoms with E-state index in [0.717, 1.165) is 5.33 Å². The summed E-state index contributed by atoms with van der Waals surface area (Å²) in [5.74, 6) is 0.266. The van der Waals surface area contributed by atoms with Crippen molar-refractivity contribution in [1.82, 2.24) is 10.3 Å². The number of hydrogen-bond acceptors (Lipinski definition) is 3. The zero-order chi connectivity index (χ0) is 14.4. The van der Waals surface area contributed by atoms with Gasteiger partial charge in [0.05, 0.1) is 7.11 Å². The van der Waals surface area contributed by atoms with Gasteiger partial charge in [-0.2, -0.15) is 0 Å². The normalized spacial score (nSPS) is 17.5. The number of nitrogens with zero attached hydrogens (tertiary/aromatic N) is 1. The van der Waals surface area contributed by atoms with Gasteiger partial charge in [-0.3, -0.25) is 4.79 Å². The fourth-order valence-corrected chi connectivity index (χ4v) is 3.51. The van der Waals surface area contributed by atoms with Crippen LogP contribution in [0.15, 0.2) is 18.3 Å². The summed E-state index contributed by atoms with van der Waals surface area (Å²) < 4.78 is 5.13. The summed E-state index contributed by atoms with van der Waals surface area (Å²) in [5.41, 5.74) is 0.694. The van der Waals surface area contributed by atoms with E-state index in [4.69, 9.17) is 4.74 Å². The quantitative estimate of drug-likeness (QED) is 0.837. The smallest absolute Gasteiger partial charge is 0.256 e. The van der Waals surface area contributed by atoms with Crippen LogP contribution in [0.5, 0.6) is 5.88 Å². The maximum atomic E-state index is 12.3. The molecule has 0 saturated heterocycles. The van der Waals surface area contributed by atoms with Gasteiger partial charge >= 0.3 is 0 Å². The van der Waals surface area contributed by atoms with Crippen molar-refractivity contribution in [2.24, 2.45) is 5.41 Å². The molecule has 1 amide bonds. The van der Waals surface area contributed by atoms with E-state index in [1.54, 1.807) is 18.3 Å². The van der Waals surface area contributed by atoms with Crippen LogP contribution in [0.4, 0.5) is 0 Å². The van der Waals surface area contributed by atoms with Crippen molar-refractivity contribution < 1.29 is 9.53 Å². The minimum Gasteiger partial charge on any atom is -0.480 e. The second kappa shape index (κ2) is 7.07. The monoisotopic (exact) mass is 340 g/mol. The number of amides is 1. The van der Waals surface area contributed by atoms with Crippen LogP contribution >= 0.6 is 15.9 Å². The highest BCUT2D eigenvalue weighted by atomic mass is 79.9. The Labute approximate surface area is 128 Å². The Morgan fingerprint density at radius 1 is 1.45 bits per heavy atom. The summed E-state index contributed by atoms with van der Waals surface area (Å²) >= 11 is 3.61. The molecule has 0 atom stereocenters. The van der Waals surface area contributed by atoms with Crippen molar-refractivity contribution in [3.05, 3.63) is 23.9 Å². The highest BCUT2D eigenvalue weighted by Crippen LogP contribution is 2.37. The number of carbonyl (C=O) groups excluding carboxylic acids is 1. The standard InChI is InChI=1S/C15H21BrN2O2/c1-20-14-12(6-5-9-17-14)13(19)18-11-15(10-16)7-3-2-4-8-15/h5-6,9H,2-4,7-8,10-11H2,1H3,(H,18,19). The fourth-order valence-electron chi connectivity index (χ4n) is 2.75. The van der Waals surface area contributed by atoms with Gasteiger partial charge in [-0.05, 0) is 30.4 Å². The average Bonchev–Trinajstić information content (AvgIpc) is 2.53. The highest BCUT2D eigenvalue weighted by Gasteiger charge is 2.31. The first-order chi connectivity index (χ1) is 9.71. The molecule has 0 radical (unpaired) electrons. The van der Waals surface area contributed by atoms with Gasteiger partial charge in [-0.25, -0.2) is 4.98 Å². The van der Waals surface area contributed by atoms with Crippen LogP contribution in [0.25, 0.3) is 0 Å². The molecule has 1 saturated carbocycles. The van der Waals surface area contributed by atoms with Crippen LogP contribution in [0.3, 0.4) is 0 Å². The first-order valence-corrected chi connectivity index (χ1v) is 8.16. The van der Waals surface area contributed by atoms with Gasteiger partial charge in [0.2, 0.25) is 5.88 Å². The number of rotatable bonds is 5. The number of halogens is 1. The number of nitrogens with one attached hydrogen (secondary N) is 1. The summed E-state index contributed by atoms with van der Waals surface area (Å²) in [6, 6.07) is 3.49. The summed E-state index contributed by atoms with van der Waals surface area (Å²) in [5, 5.41) is 3.98. The lowest BCUT2D eigenvalue weighted by molar-refractivity contribution is 0.0918. The molecule has 5 heteroatoms. The summed E-state index contributed by atoms with van der Waals surface area (Å²) in [7, 11) is 1.53. The Bertz CT molecular complexity index is 459. The number of ether oxygens (including phenoxy) is 1. The molecule has 1 aliphatic rings. The van der Waals surface area contributed by atoms with E-state index < -0.39 is 0 Å². The van der Waals surface area contributed by atoms with E-state index in [0.29, 0.717) is 18.0 Å². The zero-order valence-corrected chi connectivity index (χ0v) is 13.4. The molecular formula is C15H21BrN2O2. The number of alkyl halides is 1. The predicted molar refractivity (Wildman–Crippen MR) is 82.4 cm³/mol. The van der Waals surface area contributed by atoms with Gasteiger partial charge < -0.3 is 10.1 Å². The first-order valence-electron chi connectivity index (χ1n) is 7.04. The molecular weight excluding hydrogens is 320 g/mol. The lowest BCUT2D eigenvalue weighted by atomic mass is 9.75. The summed E-state index contributed by atoms with van der Waals surface area (Å²) in [6.07, 6.45) is 7.76. The Kier molecular flexibility index (Phi) is 5.40. The minimum absolute atomic E-state index is 0.110.